The molecular weight excluding hydrogens is 262 g/mol. The topological polar surface area (TPSA) is 32.7 Å². The molecule has 0 aromatic heterocycles. The van der Waals surface area contributed by atoms with Crippen molar-refractivity contribution in [3.8, 4) is 5.75 Å². The van der Waals surface area contributed by atoms with Crippen molar-refractivity contribution >= 4 is 11.6 Å². The SMILES string of the molecule is OCCCCCCN1CC(Oc2cccc(Cl)c2)C1. The summed E-state index contributed by atoms with van der Waals surface area (Å²) in [5.41, 5.74) is 0. The number of benzene rings is 1. The highest BCUT2D eigenvalue weighted by Crippen LogP contribution is 2.21. The van der Waals surface area contributed by atoms with Crippen LogP contribution in [0.5, 0.6) is 5.75 Å². The summed E-state index contributed by atoms with van der Waals surface area (Å²) in [5, 5.41) is 9.41. The van der Waals surface area contributed by atoms with Gasteiger partial charge < -0.3 is 9.84 Å². The van der Waals surface area contributed by atoms with E-state index in [9.17, 15) is 0 Å². The Hall–Kier alpha value is -0.770. The zero-order chi connectivity index (χ0) is 13.5. The molecule has 1 aliphatic heterocycles. The van der Waals surface area contributed by atoms with E-state index in [2.05, 4.69) is 4.90 Å². The molecule has 0 atom stereocenters. The van der Waals surface area contributed by atoms with Gasteiger partial charge in [-0.15, -0.1) is 0 Å². The van der Waals surface area contributed by atoms with Crippen LogP contribution in [-0.2, 0) is 0 Å². The van der Waals surface area contributed by atoms with Gasteiger partial charge in [-0.1, -0.05) is 30.5 Å². The molecule has 0 spiro atoms. The van der Waals surface area contributed by atoms with Crippen molar-refractivity contribution < 1.29 is 9.84 Å². The predicted molar refractivity (Wildman–Crippen MR) is 77.9 cm³/mol. The lowest BCUT2D eigenvalue weighted by atomic mass is 10.1. The maximum absolute atomic E-state index is 8.69. The second kappa shape index (κ2) is 7.73. The molecule has 106 valence electrons. The summed E-state index contributed by atoms with van der Waals surface area (Å²) in [5.74, 6) is 0.861. The van der Waals surface area contributed by atoms with Gasteiger partial charge in [0.1, 0.15) is 11.9 Å². The summed E-state index contributed by atoms with van der Waals surface area (Å²) in [7, 11) is 0. The van der Waals surface area contributed by atoms with Crippen LogP contribution < -0.4 is 4.74 Å². The maximum Gasteiger partial charge on any atom is 0.124 e. The molecule has 0 saturated carbocycles. The van der Waals surface area contributed by atoms with E-state index >= 15 is 0 Å². The van der Waals surface area contributed by atoms with Crippen LogP contribution in [0.15, 0.2) is 24.3 Å². The molecule has 1 aliphatic rings. The highest BCUT2D eigenvalue weighted by Gasteiger charge is 2.27. The van der Waals surface area contributed by atoms with Gasteiger partial charge in [0.15, 0.2) is 0 Å². The molecule has 2 rings (SSSR count). The molecular formula is C15H22ClNO2. The average Bonchev–Trinajstić information content (AvgIpc) is 2.35. The summed E-state index contributed by atoms with van der Waals surface area (Å²) in [6, 6.07) is 7.58. The molecule has 0 unspecified atom stereocenters. The van der Waals surface area contributed by atoms with Gasteiger partial charge in [-0.3, -0.25) is 4.90 Å². The normalized spacial score (nSPS) is 16.3. The van der Waals surface area contributed by atoms with Crippen molar-refractivity contribution in [3.63, 3.8) is 0 Å². The lowest BCUT2D eigenvalue weighted by Gasteiger charge is -2.39. The van der Waals surface area contributed by atoms with E-state index in [0.717, 1.165) is 43.2 Å². The third kappa shape index (κ3) is 5.01. The van der Waals surface area contributed by atoms with Gasteiger partial charge in [0, 0.05) is 24.7 Å². The van der Waals surface area contributed by atoms with Gasteiger partial charge in [0.2, 0.25) is 0 Å². The molecule has 1 heterocycles. The Kier molecular flexibility index (Phi) is 5.95. The van der Waals surface area contributed by atoms with Crippen LogP contribution >= 0.6 is 11.6 Å². The number of likely N-dealkylation sites (tertiary alicyclic amines) is 1. The number of rotatable bonds is 8. The molecule has 0 amide bonds. The Morgan fingerprint density at radius 3 is 2.74 bits per heavy atom. The summed E-state index contributed by atoms with van der Waals surface area (Å²) >= 11 is 5.92. The zero-order valence-corrected chi connectivity index (χ0v) is 12.0. The fourth-order valence-corrected chi connectivity index (χ4v) is 2.49. The van der Waals surface area contributed by atoms with Crippen LogP contribution in [-0.4, -0.2) is 42.4 Å². The number of aliphatic hydroxyl groups is 1. The smallest absolute Gasteiger partial charge is 0.124 e. The standard InChI is InChI=1S/C15H22ClNO2/c16-13-6-5-7-14(10-13)19-15-11-17(12-15)8-3-1-2-4-9-18/h5-7,10,15,18H,1-4,8-9,11-12H2. The first-order chi connectivity index (χ1) is 9.28. The van der Waals surface area contributed by atoms with Crippen LogP contribution in [0.3, 0.4) is 0 Å². The van der Waals surface area contributed by atoms with Crippen molar-refractivity contribution in [3.05, 3.63) is 29.3 Å². The van der Waals surface area contributed by atoms with Crippen LogP contribution in [0, 0.1) is 0 Å². The number of halogens is 1. The molecule has 0 radical (unpaired) electrons. The minimum Gasteiger partial charge on any atom is -0.488 e. The van der Waals surface area contributed by atoms with E-state index in [1.165, 1.54) is 12.8 Å². The molecule has 19 heavy (non-hydrogen) atoms. The van der Waals surface area contributed by atoms with E-state index in [-0.39, 0.29) is 0 Å². The molecule has 0 bridgehead atoms. The van der Waals surface area contributed by atoms with Gasteiger partial charge in [-0.25, -0.2) is 0 Å². The van der Waals surface area contributed by atoms with Crippen molar-refractivity contribution in [2.75, 3.05) is 26.2 Å². The first-order valence-electron chi connectivity index (χ1n) is 7.03. The number of nitrogens with zero attached hydrogens (tertiary/aromatic N) is 1. The maximum atomic E-state index is 8.69. The number of aliphatic hydroxyl groups excluding tert-OH is 1. The first-order valence-corrected chi connectivity index (χ1v) is 7.41. The molecule has 1 aromatic rings. The van der Waals surface area contributed by atoms with Gasteiger partial charge >= 0.3 is 0 Å². The fourth-order valence-electron chi connectivity index (χ4n) is 2.31. The van der Waals surface area contributed by atoms with Crippen molar-refractivity contribution in [1.82, 2.24) is 4.90 Å². The summed E-state index contributed by atoms with van der Waals surface area (Å²) in [6.07, 6.45) is 4.78. The highest BCUT2D eigenvalue weighted by atomic mass is 35.5. The Bertz CT molecular complexity index is 380. The van der Waals surface area contributed by atoms with Gasteiger partial charge in [0.25, 0.3) is 0 Å². The molecule has 1 saturated heterocycles. The largest absolute Gasteiger partial charge is 0.488 e. The van der Waals surface area contributed by atoms with E-state index in [1.54, 1.807) is 0 Å². The van der Waals surface area contributed by atoms with Crippen LogP contribution in [0.25, 0.3) is 0 Å². The molecule has 1 N–H and O–H groups in total. The highest BCUT2D eigenvalue weighted by molar-refractivity contribution is 6.30. The van der Waals surface area contributed by atoms with E-state index < -0.39 is 0 Å². The Labute approximate surface area is 120 Å². The van der Waals surface area contributed by atoms with Crippen molar-refractivity contribution in [2.45, 2.75) is 31.8 Å². The predicted octanol–water partition coefficient (Wildman–Crippen LogP) is 2.96. The lowest BCUT2D eigenvalue weighted by Crippen LogP contribution is -2.53. The van der Waals surface area contributed by atoms with Gasteiger partial charge in [-0.05, 0) is 37.6 Å². The van der Waals surface area contributed by atoms with Crippen LogP contribution in [0.4, 0.5) is 0 Å². The van der Waals surface area contributed by atoms with Gasteiger partial charge in [0.05, 0.1) is 0 Å². The van der Waals surface area contributed by atoms with Crippen molar-refractivity contribution in [1.29, 1.82) is 0 Å². The second-order valence-corrected chi connectivity index (χ2v) is 5.53. The lowest BCUT2D eigenvalue weighted by molar-refractivity contribution is 0.0190. The third-order valence-electron chi connectivity index (χ3n) is 3.40. The van der Waals surface area contributed by atoms with Crippen molar-refractivity contribution in [2.24, 2.45) is 0 Å². The minimum atomic E-state index is 0.302. The quantitative estimate of drug-likeness (QED) is 0.745. The van der Waals surface area contributed by atoms with Crippen LogP contribution in [0.2, 0.25) is 5.02 Å². The summed E-state index contributed by atoms with van der Waals surface area (Å²) < 4.78 is 5.85. The Morgan fingerprint density at radius 2 is 2.00 bits per heavy atom. The number of hydrogen-bond donors (Lipinski definition) is 1. The van der Waals surface area contributed by atoms with E-state index in [0.29, 0.717) is 12.7 Å². The number of hydrogen-bond acceptors (Lipinski definition) is 3. The molecule has 3 nitrogen and oxygen atoms in total. The van der Waals surface area contributed by atoms with E-state index in [4.69, 9.17) is 21.4 Å². The summed E-state index contributed by atoms with van der Waals surface area (Å²) in [4.78, 5) is 2.41. The Morgan fingerprint density at radius 1 is 1.21 bits per heavy atom. The van der Waals surface area contributed by atoms with Crippen LogP contribution in [0.1, 0.15) is 25.7 Å². The molecule has 0 aliphatic carbocycles. The number of unbranched alkanes of at least 4 members (excludes halogenated alkanes) is 3. The zero-order valence-electron chi connectivity index (χ0n) is 11.2. The van der Waals surface area contributed by atoms with Gasteiger partial charge in [-0.2, -0.15) is 0 Å². The monoisotopic (exact) mass is 283 g/mol. The molecule has 1 aromatic carbocycles. The first kappa shape index (κ1) is 14.6. The third-order valence-corrected chi connectivity index (χ3v) is 3.64. The molecule has 1 fully saturated rings. The minimum absolute atomic E-state index is 0.302. The fraction of sp³-hybridized carbons (Fsp3) is 0.600. The second-order valence-electron chi connectivity index (χ2n) is 5.09. The van der Waals surface area contributed by atoms with E-state index in [1.807, 2.05) is 24.3 Å². The number of ether oxygens (including phenoxy) is 1. The molecule has 4 heteroatoms. The summed E-state index contributed by atoms with van der Waals surface area (Å²) in [6.45, 7) is 3.47. The Balaban J connectivity index is 1.56. The average molecular weight is 284 g/mol.